The number of carbonyl (C=O) groups is 2. The van der Waals surface area contributed by atoms with Crippen molar-refractivity contribution < 1.29 is 9.59 Å². The zero-order valence-electron chi connectivity index (χ0n) is 10.2. The molecule has 1 fully saturated rings. The molecular formula is C12H16N2O2S. The fourth-order valence-electron chi connectivity index (χ4n) is 1.42. The molecule has 0 atom stereocenters. The highest BCUT2D eigenvalue weighted by Crippen LogP contribution is 2.20. The molecule has 2 amide bonds. The van der Waals surface area contributed by atoms with Crippen LogP contribution in [-0.4, -0.2) is 28.4 Å². The fraction of sp³-hybridized carbons (Fsp3) is 0.417. The molecule has 1 N–H and O–H groups in total. The van der Waals surface area contributed by atoms with Crippen LogP contribution >= 0.6 is 12.2 Å². The molecule has 1 heterocycles. The van der Waals surface area contributed by atoms with E-state index in [2.05, 4.69) is 11.9 Å². The maximum absolute atomic E-state index is 12.1. The zero-order chi connectivity index (χ0) is 13.2. The Balaban J connectivity index is 3.11. The number of rotatable bonds is 2. The van der Waals surface area contributed by atoms with Gasteiger partial charge in [-0.1, -0.05) is 32.9 Å². The van der Waals surface area contributed by atoms with Gasteiger partial charge < -0.3 is 0 Å². The molecule has 5 heteroatoms. The topological polar surface area (TPSA) is 49.4 Å². The number of carbonyl (C=O) groups excluding carboxylic acids is 2. The van der Waals surface area contributed by atoms with E-state index in [1.54, 1.807) is 12.2 Å². The van der Waals surface area contributed by atoms with Crippen LogP contribution < -0.4 is 5.32 Å². The van der Waals surface area contributed by atoms with E-state index in [0.717, 1.165) is 0 Å². The van der Waals surface area contributed by atoms with Gasteiger partial charge in [-0.15, -0.1) is 6.58 Å². The summed E-state index contributed by atoms with van der Waals surface area (Å²) in [5, 5.41) is 2.63. The number of hydrogen-bond donors (Lipinski definition) is 1. The van der Waals surface area contributed by atoms with E-state index in [1.165, 1.54) is 4.90 Å². The molecule has 1 aliphatic heterocycles. The van der Waals surface area contributed by atoms with Gasteiger partial charge in [-0.05, 0) is 17.6 Å². The number of hydrogen-bond acceptors (Lipinski definition) is 3. The summed E-state index contributed by atoms with van der Waals surface area (Å²) in [4.78, 5) is 25.1. The molecule has 0 spiro atoms. The minimum absolute atomic E-state index is 0.131. The summed E-state index contributed by atoms with van der Waals surface area (Å²) in [6.07, 6.45) is 3.22. The van der Waals surface area contributed by atoms with Gasteiger partial charge in [-0.2, -0.15) is 0 Å². The molecule has 0 aromatic rings. The lowest BCUT2D eigenvalue weighted by Gasteiger charge is -2.29. The maximum Gasteiger partial charge on any atom is 0.265 e. The average Bonchev–Trinajstić information content (AvgIpc) is 2.18. The van der Waals surface area contributed by atoms with Gasteiger partial charge in [-0.3, -0.25) is 19.8 Å². The predicted octanol–water partition coefficient (Wildman–Crippen LogP) is 1.39. The van der Waals surface area contributed by atoms with Gasteiger partial charge >= 0.3 is 0 Å². The van der Waals surface area contributed by atoms with Crippen LogP contribution in [0.1, 0.15) is 20.8 Å². The Morgan fingerprint density at radius 1 is 1.41 bits per heavy atom. The largest absolute Gasteiger partial charge is 0.298 e. The van der Waals surface area contributed by atoms with Gasteiger partial charge in [0.05, 0.1) is 0 Å². The quantitative estimate of drug-likeness (QED) is 0.350. The zero-order valence-corrected chi connectivity index (χ0v) is 11.1. The third-order valence-electron chi connectivity index (χ3n) is 2.07. The van der Waals surface area contributed by atoms with Crippen molar-refractivity contribution in [3.05, 3.63) is 24.3 Å². The van der Waals surface area contributed by atoms with Crippen LogP contribution in [0.4, 0.5) is 0 Å². The second kappa shape index (κ2) is 4.79. The van der Waals surface area contributed by atoms with E-state index < -0.39 is 5.91 Å². The lowest BCUT2D eigenvalue weighted by atomic mass is 9.92. The van der Waals surface area contributed by atoms with Crippen LogP contribution in [0.5, 0.6) is 0 Å². The van der Waals surface area contributed by atoms with Crippen molar-refractivity contribution in [2.24, 2.45) is 5.41 Å². The van der Waals surface area contributed by atoms with E-state index in [0.29, 0.717) is 6.54 Å². The third-order valence-corrected chi connectivity index (χ3v) is 2.40. The van der Waals surface area contributed by atoms with Crippen molar-refractivity contribution >= 4 is 29.1 Å². The minimum Gasteiger partial charge on any atom is -0.298 e. The predicted molar refractivity (Wildman–Crippen MR) is 70.2 cm³/mol. The van der Waals surface area contributed by atoms with Crippen molar-refractivity contribution in [1.29, 1.82) is 0 Å². The molecule has 1 saturated heterocycles. The van der Waals surface area contributed by atoms with Crippen molar-refractivity contribution in [2.45, 2.75) is 20.8 Å². The molecule has 92 valence electrons. The molecule has 0 saturated carbocycles. The van der Waals surface area contributed by atoms with E-state index in [1.807, 2.05) is 20.8 Å². The standard InChI is InChI=1S/C12H16N2O2S/c1-5-6-14-10(16)8(7-12(2,3)4)9(15)13-11(14)17/h5,7H,1,6H2,2-4H3,(H,13,15,17). The minimum atomic E-state index is -0.435. The van der Waals surface area contributed by atoms with Crippen molar-refractivity contribution in [1.82, 2.24) is 10.2 Å². The molecule has 0 radical (unpaired) electrons. The van der Waals surface area contributed by atoms with Crippen LogP contribution in [-0.2, 0) is 9.59 Å². The Kier molecular flexibility index (Phi) is 3.83. The highest BCUT2D eigenvalue weighted by Gasteiger charge is 2.33. The van der Waals surface area contributed by atoms with Gasteiger partial charge in [0.1, 0.15) is 5.57 Å². The molecule has 0 aromatic heterocycles. The van der Waals surface area contributed by atoms with Gasteiger partial charge in [-0.25, -0.2) is 0 Å². The third kappa shape index (κ3) is 3.23. The molecule has 4 nitrogen and oxygen atoms in total. The first kappa shape index (κ1) is 13.6. The molecule has 0 bridgehead atoms. The Labute approximate surface area is 106 Å². The number of nitrogens with one attached hydrogen (secondary N) is 1. The second-order valence-electron chi connectivity index (χ2n) is 4.89. The molecule has 0 aromatic carbocycles. The van der Waals surface area contributed by atoms with Gasteiger partial charge in [0.25, 0.3) is 11.8 Å². The number of nitrogens with zero attached hydrogens (tertiary/aromatic N) is 1. The first-order valence-electron chi connectivity index (χ1n) is 5.27. The summed E-state index contributed by atoms with van der Waals surface area (Å²) in [7, 11) is 0. The monoisotopic (exact) mass is 252 g/mol. The smallest absolute Gasteiger partial charge is 0.265 e. The summed E-state index contributed by atoms with van der Waals surface area (Å²) in [6.45, 7) is 9.61. The van der Waals surface area contributed by atoms with Crippen LogP contribution in [0.3, 0.4) is 0 Å². The van der Waals surface area contributed by atoms with Crippen molar-refractivity contribution in [3.63, 3.8) is 0 Å². The summed E-state index contributed by atoms with van der Waals surface area (Å²) in [5.41, 5.74) is -0.117. The van der Waals surface area contributed by atoms with Crippen LogP contribution in [0.25, 0.3) is 0 Å². The average molecular weight is 252 g/mol. The number of thiocarbonyl (C=S) groups is 1. The summed E-state index contributed by atoms with van der Waals surface area (Å²) in [6, 6.07) is 0. The molecular weight excluding hydrogens is 236 g/mol. The van der Waals surface area contributed by atoms with Crippen LogP contribution in [0.15, 0.2) is 24.3 Å². The Bertz CT molecular complexity index is 419. The number of amides is 2. The Morgan fingerprint density at radius 2 is 2.00 bits per heavy atom. The maximum atomic E-state index is 12.1. The van der Waals surface area contributed by atoms with E-state index in [-0.39, 0.29) is 22.0 Å². The molecule has 0 unspecified atom stereocenters. The normalized spacial score (nSPS) is 19.6. The van der Waals surface area contributed by atoms with Crippen LogP contribution in [0, 0.1) is 5.41 Å². The van der Waals surface area contributed by atoms with Crippen LogP contribution in [0.2, 0.25) is 0 Å². The highest BCUT2D eigenvalue weighted by atomic mass is 32.1. The summed E-state index contributed by atoms with van der Waals surface area (Å²) >= 11 is 4.94. The SMILES string of the molecule is C=CCN1C(=O)C(=CC(C)(C)C)C(=O)NC1=S. The van der Waals surface area contributed by atoms with E-state index in [4.69, 9.17) is 12.2 Å². The number of allylic oxidation sites excluding steroid dienone is 1. The molecule has 1 aliphatic rings. The lowest BCUT2D eigenvalue weighted by molar-refractivity contribution is -0.128. The fourth-order valence-corrected chi connectivity index (χ4v) is 1.67. The highest BCUT2D eigenvalue weighted by molar-refractivity contribution is 7.80. The summed E-state index contributed by atoms with van der Waals surface area (Å²) < 4.78 is 0. The van der Waals surface area contributed by atoms with Gasteiger partial charge in [0.15, 0.2) is 5.11 Å². The first-order chi connectivity index (χ1) is 7.76. The van der Waals surface area contributed by atoms with E-state index >= 15 is 0 Å². The Morgan fingerprint density at radius 3 is 2.47 bits per heavy atom. The van der Waals surface area contributed by atoms with Crippen molar-refractivity contribution in [3.8, 4) is 0 Å². The summed E-state index contributed by atoms with van der Waals surface area (Å²) in [5.74, 6) is -0.802. The molecule has 1 rings (SSSR count). The second-order valence-corrected chi connectivity index (χ2v) is 5.27. The van der Waals surface area contributed by atoms with Crippen molar-refractivity contribution in [2.75, 3.05) is 6.54 Å². The lowest BCUT2D eigenvalue weighted by Crippen LogP contribution is -2.54. The van der Waals surface area contributed by atoms with Gasteiger partial charge in [0, 0.05) is 6.54 Å². The molecule has 17 heavy (non-hydrogen) atoms. The van der Waals surface area contributed by atoms with Gasteiger partial charge in [0.2, 0.25) is 0 Å². The molecule has 0 aliphatic carbocycles. The first-order valence-corrected chi connectivity index (χ1v) is 5.68. The Hall–Kier alpha value is -1.49. The van der Waals surface area contributed by atoms with E-state index in [9.17, 15) is 9.59 Å².